The number of nitrogens with zero attached hydrogens (tertiary/aromatic N) is 1. The standard InChI is InChI=1S/C10H12N2O4S2/c13-10(14)9-8(6-17-12-9)18(15,16)11-5-7-3-1-2-4-7/h3,6,11H,1-2,4-5H2,(H,13,14). The average Bonchev–Trinajstić information content (AvgIpc) is 2.98. The van der Waals surface area contributed by atoms with Gasteiger partial charge in [0.25, 0.3) is 0 Å². The molecular formula is C10H12N2O4S2. The number of carboxylic acid groups (broad SMARTS) is 1. The predicted molar refractivity (Wildman–Crippen MR) is 66.2 cm³/mol. The summed E-state index contributed by atoms with van der Waals surface area (Å²) in [5.41, 5.74) is 0.617. The average molecular weight is 288 g/mol. The van der Waals surface area contributed by atoms with E-state index >= 15 is 0 Å². The van der Waals surface area contributed by atoms with Gasteiger partial charge < -0.3 is 5.11 Å². The lowest BCUT2D eigenvalue weighted by molar-refractivity contribution is 0.0687. The zero-order valence-electron chi connectivity index (χ0n) is 9.42. The van der Waals surface area contributed by atoms with Crippen LogP contribution >= 0.6 is 11.5 Å². The van der Waals surface area contributed by atoms with Crippen molar-refractivity contribution < 1.29 is 18.3 Å². The number of aromatic carboxylic acids is 1. The van der Waals surface area contributed by atoms with Crippen molar-refractivity contribution in [2.45, 2.75) is 24.2 Å². The number of rotatable bonds is 5. The van der Waals surface area contributed by atoms with E-state index in [0.29, 0.717) is 0 Å². The van der Waals surface area contributed by atoms with E-state index in [2.05, 4.69) is 9.10 Å². The third kappa shape index (κ3) is 2.77. The quantitative estimate of drug-likeness (QED) is 0.794. The van der Waals surface area contributed by atoms with E-state index in [1.165, 1.54) is 5.38 Å². The molecule has 1 aliphatic carbocycles. The van der Waals surface area contributed by atoms with E-state index in [1.54, 1.807) is 0 Å². The predicted octanol–water partition coefficient (Wildman–Crippen LogP) is 1.23. The van der Waals surface area contributed by atoms with Crippen LogP contribution in [0.15, 0.2) is 21.9 Å². The first-order chi connectivity index (χ1) is 8.50. The second-order valence-corrected chi connectivity index (χ2v) is 6.28. The third-order valence-electron chi connectivity index (χ3n) is 2.65. The summed E-state index contributed by atoms with van der Waals surface area (Å²) in [7, 11) is -3.80. The summed E-state index contributed by atoms with van der Waals surface area (Å²) in [6.07, 6.45) is 4.90. The van der Waals surface area contributed by atoms with Gasteiger partial charge in [-0.1, -0.05) is 11.6 Å². The SMILES string of the molecule is O=C(O)c1nscc1S(=O)(=O)NCC1=CCCC1. The number of hydrogen-bond donors (Lipinski definition) is 2. The van der Waals surface area contributed by atoms with Crippen LogP contribution in [0.2, 0.25) is 0 Å². The molecule has 1 aromatic heterocycles. The van der Waals surface area contributed by atoms with E-state index < -0.39 is 21.7 Å². The first-order valence-electron chi connectivity index (χ1n) is 5.36. The highest BCUT2D eigenvalue weighted by atomic mass is 32.2. The van der Waals surface area contributed by atoms with Gasteiger partial charge in [0.1, 0.15) is 4.90 Å². The Hall–Kier alpha value is -1.25. The lowest BCUT2D eigenvalue weighted by Gasteiger charge is -2.06. The molecule has 1 heterocycles. The van der Waals surface area contributed by atoms with Crippen LogP contribution in [0.4, 0.5) is 0 Å². The summed E-state index contributed by atoms with van der Waals surface area (Å²) < 4.78 is 29.9. The lowest BCUT2D eigenvalue weighted by atomic mass is 10.2. The molecule has 1 aliphatic rings. The molecule has 0 fully saturated rings. The molecule has 2 rings (SSSR count). The number of carbonyl (C=O) groups is 1. The molecule has 8 heteroatoms. The largest absolute Gasteiger partial charge is 0.476 e. The maximum absolute atomic E-state index is 11.9. The van der Waals surface area contributed by atoms with Crippen molar-refractivity contribution in [1.82, 2.24) is 9.10 Å². The fraction of sp³-hybridized carbons (Fsp3) is 0.400. The smallest absolute Gasteiger partial charge is 0.357 e. The molecule has 0 saturated heterocycles. The summed E-state index contributed by atoms with van der Waals surface area (Å²) in [6, 6.07) is 0. The summed E-state index contributed by atoms with van der Waals surface area (Å²) in [6.45, 7) is 0.233. The van der Waals surface area contributed by atoms with E-state index in [1.807, 2.05) is 6.08 Å². The van der Waals surface area contributed by atoms with Gasteiger partial charge in [0, 0.05) is 11.9 Å². The van der Waals surface area contributed by atoms with Gasteiger partial charge in [-0.25, -0.2) is 17.9 Å². The van der Waals surface area contributed by atoms with Gasteiger partial charge in [-0.15, -0.1) is 0 Å². The Bertz CT molecular complexity index is 589. The highest BCUT2D eigenvalue weighted by Gasteiger charge is 2.25. The highest BCUT2D eigenvalue weighted by Crippen LogP contribution is 2.19. The molecule has 0 radical (unpaired) electrons. The number of sulfonamides is 1. The van der Waals surface area contributed by atoms with Crippen molar-refractivity contribution in [2.24, 2.45) is 0 Å². The second-order valence-electron chi connectivity index (χ2n) is 3.91. The Labute approximate surface area is 109 Å². The van der Waals surface area contributed by atoms with Gasteiger partial charge in [0.2, 0.25) is 10.0 Å². The van der Waals surface area contributed by atoms with Crippen molar-refractivity contribution in [3.05, 3.63) is 22.7 Å². The van der Waals surface area contributed by atoms with Gasteiger partial charge >= 0.3 is 5.97 Å². The van der Waals surface area contributed by atoms with Crippen LogP contribution in [-0.2, 0) is 10.0 Å². The van der Waals surface area contributed by atoms with Crippen LogP contribution in [0.5, 0.6) is 0 Å². The van der Waals surface area contributed by atoms with Crippen molar-refractivity contribution in [3.63, 3.8) is 0 Å². The van der Waals surface area contributed by atoms with Crippen LogP contribution in [0, 0.1) is 0 Å². The molecule has 0 bridgehead atoms. The Morgan fingerprint density at radius 1 is 1.56 bits per heavy atom. The van der Waals surface area contributed by atoms with Crippen LogP contribution in [-0.4, -0.2) is 30.4 Å². The number of carboxylic acids is 1. The molecule has 0 atom stereocenters. The fourth-order valence-electron chi connectivity index (χ4n) is 1.73. The maximum Gasteiger partial charge on any atom is 0.357 e. The molecule has 0 amide bonds. The molecule has 0 aliphatic heterocycles. The van der Waals surface area contributed by atoms with Crippen LogP contribution in [0.3, 0.4) is 0 Å². The fourth-order valence-corrected chi connectivity index (χ4v) is 3.88. The molecule has 98 valence electrons. The Morgan fingerprint density at radius 3 is 2.94 bits per heavy atom. The van der Waals surface area contributed by atoms with Gasteiger partial charge in [0.05, 0.1) is 0 Å². The van der Waals surface area contributed by atoms with Crippen molar-refractivity contribution in [1.29, 1.82) is 0 Å². The molecule has 6 nitrogen and oxygen atoms in total. The monoisotopic (exact) mass is 288 g/mol. The Morgan fingerprint density at radius 2 is 2.33 bits per heavy atom. The number of allylic oxidation sites excluding steroid dienone is 1. The Kier molecular flexibility index (Phi) is 3.79. The zero-order chi connectivity index (χ0) is 13.2. The van der Waals surface area contributed by atoms with E-state index in [4.69, 9.17) is 5.11 Å². The van der Waals surface area contributed by atoms with Crippen LogP contribution < -0.4 is 4.72 Å². The normalized spacial score (nSPS) is 15.7. The number of aromatic nitrogens is 1. The summed E-state index contributed by atoms with van der Waals surface area (Å²) in [5, 5.41) is 10.1. The summed E-state index contributed by atoms with van der Waals surface area (Å²) in [4.78, 5) is 10.6. The van der Waals surface area contributed by atoms with Gasteiger partial charge in [-0.05, 0) is 30.8 Å². The second kappa shape index (κ2) is 5.17. The van der Waals surface area contributed by atoms with Gasteiger partial charge in [0.15, 0.2) is 5.69 Å². The first-order valence-corrected chi connectivity index (χ1v) is 7.68. The van der Waals surface area contributed by atoms with Crippen LogP contribution in [0.25, 0.3) is 0 Å². The molecule has 0 spiro atoms. The van der Waals surface area contributed by atoms with Crippen LogP contribution in [0.1, 0.15) is 29.8 Å². The number of hydrogen-bond acceptors (Lipinski definition) is 5. The maximum atomic E-state index is 11.9. The molecule has 0 unspecified atom stereocenters. The van der Waals surface area contributed by atoms with Crippen molar-refractivity contribution in [3.8, 4) is 0 Å². The first kappa shape index (κ1) is 13.2. The minimum Gasteiger partial charge on any atom is -0.476 e. The lowest BCUT2D eigenvalue weighted by Crippen LogP contribution is -2.26. The molecule has 2 N–H and O–H groups in total. The topological polar surface area (TPSA) is 96.4 Å². The van der Waals surface area contributed by atoms with E-state index in [-0.39, 0.29) is 11.4 Å². The highest BCUT2D eigenvalue weighted by molar-refractivity contribution is 7.89. The van der Waals surface area contributed by atoms with E-state index in [0.717, 1.165) is 36.4 Å². The number of nitrogens with one attached hydrogen (secondary N) is 1. The summed E-state index contributed by atoms with van der Waals surface area (Å²) >= 11 is 0.815. The van der Waals surface area contributed by atoms with Gasteiger partial charge in [-0.3, -0.25) is 0 Å². The Balaban J connectivity index is 2.15. The molecule has 1 aromatic rings. The third-order valence-corrected chi connectivity index (χ3v) is 4.85. The van der Waals surface area contributed by atoms with E-state index in [9.17, 15) is 13.2 Å². The molecule has 0 aromatic carbocycles. The van der Waals surface area contributed by atoms with Crippen molar-refractivity contribution >= 4 is 27.5 Å². The van der Waals surface area contributed by atoms with Crippen molar-refractivity contribution in [2.75, 3.05) is 6.54 Å². The molecular weight excluding hydrogens is 276 g/mol. The molecule has 0 saturated carbocycles. The minimum atomic E-state index is -3.80. The van der Waals surface area contributed by atoms with Gasteiger partial charge in [-0.2, -0.15) is 4.37 Å². The molecule has 18 heavy (non-hydrogen) atoms. The minimum absolute atomic E-state index is 0.233. The zero-order valence-corrected chi connectivity index (χ0v) is 11.1. The summed E-state index contributed by atoms with van der Waals surface area (Å²) in [5.74, 6) is -1.34.